The molecule has 0 saturated carbocycles. The van der Waals surface area contributed by atoms with Gasteiger partial charge in [0.15, 0.2) is 6.10 Å². The molecule has 28 heavy (non-hydrogen) atoms. The minimum atomic E-state index is -0.143. The molecule has 2 aromatic heterocycles. The van der Waals surface area contributed by atoms with E-state index in [1.165, 1.54) is 0 Å². The fourth-order valence-corrected chi connectivity index (χ4v) is 3.23. The number of nitriles is 1. The standard InChI is InChI=1S/C21H22N4O3/c1-21(2,3)19-6-5-14(10-23-19)27-12-15-11-25-17-8-18(26-4)13(9-22)7-16(17)24-20(25)28-15/h5-8,10,15H,11-12H2,1-4H3/t15-/m0/s1. The Morgan fingerprint density at radius 3 is 2.79 bits per heavy atom. The lowest BCUT2D eigenvalue weighted by Crippen LogP contribution is -2.23. The summed E-state index contributed by atoms with van der Waals surface area (Å²) in [5.74, 6) is 1.24. The maximum absolute atomic E-state index is 9.22. The number of ether oxygens (including phenoxy) is 3. The molecule has 1 aliphatic rings. The Bertz CT molecular complexity index is 1060. The topological polar surface area (TPSA) is 82.2 Å². The highest BCUT2D eigenvalue weighted by atomic mass is 16.6. The van der Waals surface area contributed by atoms with E-state index in [-0.39, 0.29) is 11.5 Å². The molecule has 0 aliphatic carbocycles. The number of aromatic nitrogens is 3. The number of rotatable bonds is 4. The molecule has 3 heterocycles. The largest absolute Gasteiger partial charge is 0.495 e. The number of benzene rings is 1. The summed E-state index contributed by atoms with van der Waals surface area (Å²) in [5, 5.41) is 9.22. The number of nitrogens with zero attached hydrogens (tertiary/aromatic N) is 4. The highest BCUT2D eigenvalue weighted by Crippen LogP contribution is 2.32. The van der Waals surface area contributed by atoms with Gasteiger partial charge in [0.25, 0.3) is 6.01 Å². The Hall–Kier alpha value is -3.27. The Morgan fingerprint density at radius 2 is 2.14 bits per heavy atom. The van der Waals surface area contributed by atoms with Crippen molar-refractivity contribution in [2.75, 3.05) is 13.7 Å². The number of methoxy groups -OCH3 is 1. The first kappa shape index (κ1) is 18.1. The molecular weight excluding hydrogens is 356 g/mol. The van der Waals surface area contributed by atoms with Gasteiger partial charge in [-0.15, -0.1) is 0 Å². The lowest BCUT2D eigenvalue weighted by atomic mass is 9.92. The van der Waals surface area contributed by atoms with Crippen molar-refractivity contribution >= 4 is 11.0 Å². The molecule has 4 rings (SSSR count). The zero-order valence-electron chi connectivity index (χ0n) is 16.4. The van der Waals surface area contributed by atoms with Crippen LogP contribution in [-0.4, -0.2) is 34.4 Å². The molecule has 144 valence electrons. The van der Waals surface area contributed by atoms with Gasteiger partial charge in [0.1, 0.15) is 24.2 Å². The zero-order chi connectivity index (χ0) is 19.9. The lowest BCUT2D eigenvalue weighted by Gasteiger charge is -2.18. The van der Waals surface area contributed by atoms with Crippen molar-refractivity contribution in [3.8, 4) is 23.6 Å². The third-order valence-electron chi connectivity index (χ3n) is 4.75. The monoisotopic (exact) mass is 378 g/mol. The first-order valence-corrected chi connectivity index (χ1v) is 9.13. The second-order valence-electron chi connectivity index (χ2n) is 7.84. The van der Waals surface area contributed by atoms with E-state index in [0.29, 0.717) is 41.7 Å². The molecule has 1 aromatic carbocycles. The third-order valence-corrected chi connectivity index (χ3v) is 4.75. The van der Waals surface area contributed by atoms with E-state index in [4.69, 9.17) is 14.2 Å². The van der Waals surface area contributed by atoms with Crippen molar-refractivity contribution in [1.82, 2.24) is 14.5 Å². The van der Waals surface area contributed by atoms with Gasteiger partial charge in [0.05, 0.1) is 36.4 Å². The van der Waals surface area contributed by atoms with E-state index in [9.17, 15) is 5.26 Å². The van der Waals surface area contributed by atoms with Crippen molar-refractivity contribution in [3.63, 3.8) is 0 Å². The average Bonchev–Trinajstić information content (AvgIpc) is 3.22. The van der Waals surface area contributed by atoms with Gasteiger partial charge in [-0.1, -0.05) is 20.8 Å². The van der Waals surface area contributed by atoms with Crippen LogP contribution >= 0.6 is 0 Å². The molecule has 0 amide bonds. The summed E-state index contributed by atoms with van der Waals surface area (Å²) in [6.07, 6.45) is 1.61. The molecule has 3 aromatic rings. The summed E-state index contributed by atoms with van der Waals surface area (Å²) >= 11 is 0. The van der Waals surface area contributed by atoms with Crippen LogP contribution in [0, 0.1) is 11.3 Å². The molecule has 0 unspecified atom stereocenters. The van der Waals surface area contributed by atoms with Crippen LogP contribution in [0.15, 0.2) is 30.5 Å². The van der Waals surface area contributed by atoms with Gasteiger partial charge in [-0.2, -0.15) is 10.2 Å². The van der Waals surface area contributed by atoms with Gasteiger partial charge in [-0.25, -0.2) is 0 Å². The lowest BCUT2D eigenvalue weighted by molar-refractivity contribution is 0.143. The van der Waals surface area contributed by atoms with Crippen molar-refractivity contribution in [1.29, 1.82) is 5.26 Å². The van der Waals surface area contributed by atoms with Gasteiger partial charge in [-0.3, -0.25) is 9.55 Å². The molecular formula is C21H22N4O3. The highest BCUT2D eigenvalue weighted by Gasteiger charge is 2.28. The van der Waals surface area contributed by atoms with Gasteiger partial charge < -0.3 is 14.2 Å². The van der Waals surface area contributed by atoms with Crippen molar-refractivity contribution in [2.45, 2.75) is 38.8 Å². The normalized spacial score (nSPS) is 15.8. The van der Waals surface area contributed by atoms with Crippen LogP contribution in [0.5, 0.6) is 17.5 Å². The number of pyridine rings is 1. The molecule has 0 saturated heterocycles. The van der Waals surface area contributed by atoms with Gasteiger partial charge >= 0.3 is 0 Å². The van der Waals surface area contributed by atoms with E-state index in [1.54, 1.807) is 19.4 Å². The Labute approximate surface area is 163 Å². The summed E-state index contributed by atoms with van der Waals surface area (Å²) < 4.78 is 19.1. The number of fused-ring (bicyclic) bond motifs is 3. The molecule has 0 N–H and O–H groups in total. The van der Waals surface area contributed by atoms with Crippen LogP contribution in [-0.2, 0) is 12.0 Å². The quantitative estimate of drug-likeness (QED) is 0.692. The number of imidazole rings is 1. The fraction of sp³-hybridized carbons (Fsp3) is 0.381. The van der Waals surface area contributed by atoms with Gasteiger partial charge in [0, 0.05) is 17.2 Å². The Balaban J connectivity index is 1.46. The number of hydrogen-bond acceptors (Lipinski definition) is 6. The Kier molecular flexibility index (Phi) is 4.34. The summed E-state index contributed by atoms with van der Waals surface area (Å²) in [5.41, 5.74) is 3.08. The number of hydrogen-bond donors (Lipinski definition) is 0. The second kappa shape index (κ2) is 6.71. The molecule has 1 aliphatic heterocycles. The molecule has 7 nitrogen and oxygen atoms in total. The van der Waals surface area contributed by atoms with Crippen molar-refractivity contribution in [2.24, 2.45) is 0 Å². The van der Waals surface area contributed by atoms with Crippen LogP contribution < -0.4 is 14.2 Å². The summed E-state index contributed by atoms with van der Waals surface area (Å²) in [4.78, 5) is 8.96. The first-order chi connectivity index (χ1) is 13.4. The molecule has 1 atom stereocenters. The average molecular weight is 378 g/mol. The molecule has 0 fully saturated rings. The molecule has 0 radical (unpaired) electrons. The maximum atomic E-state index is 9.22. The van der Waals surface area contributed by atoms with E-state index in [1.807, 2.05) is 22.8 Å². The maximum Gasteiger partial charge on any atom is 0.297 e. The summed E-state index contributed by atoms with van der Waals surface area (Å²) in [6, 6.07) is 10.1. The van der Waals surface area contributed by atoms with Crippen molar-refractivity contribution < 1.29 is 14.2 Å². The third kappa shape index (κ3) is 3.22. The smallest absolute Gasteiger partial charge is 0.297 e. The van der Waals surface area contributed by atoms with E-state index >= 15 is 0 Å². The summed E-state index contributed by atoms with van der Waals surface area (Å²) in [7, 11) is 1.55. The van der Waals surface area contributed by atoms with Crippen LogP contribution in [0.4, 0.5) is 0 Å². The van der Waals surface area contributed by atoms with Gasteiger partial charge in [-0.05, 0) is 18.2 Å². The SMILES string of the molecule is COc1cc2c(cc1C#N)nc1n2C[C@@H](COc2ccc(C(C)(C)C)nc2)O1. The van der Waals surface area contributed by atoms with Crippen LogP contribution in [0.3, 0.4) is 0 Å². The first-order valence-electron chi connectivity index (χ1n) is 9.13. The predicted molar refractivity (Wildman–Crippen MR) is 104 cm³/mol. The molecule has 0 spiro atoms. The summed E-state index contributed by atoms with van der Waals surface area (Å²) in [6.45, 7) is 7.40. The van der Waals surface area contributed by atoms with Gasteiger partial charge in [0.2, 0.25) is 0 Å². The minimum Gasteiger partial charge on any atom is -0.495 e. The fourth-order valence-electron chi connectivity index (χ4n) is 3.23. The van der Waals surface area contributed by atoms with E-state index in [2.05, 4.69) is 36.8 Å². The van der Waals surface area contributed by atoms with E-state index < -0.39 is 0 Å². The molecule has 7 heteroatoms. The zero-order valence-corrected chi connectivity index (χ0v) is 16.4. The predicted octanol–water partition coefficient (Wildman–Crippen LogP) is 3.45. The van der Waals surface area contributed by atoms with E-state index in [0.717, 1.165) is 11.2 Å². The minimum absolute atomic E-state index is 0.00974. The Morgan fingerprint density at radius 1 is 1.32 bits per heavy atom. The van der Waals surface area contributed by atoms with Crippen LogP contribution in [0.1, 0.15) is 32.0 Å². The van der Waals surface area contributed by atoms with Crippen LogP contribution in [0.25, 0.3) is 11.0 Å². The van der Waals surface area contributed by atoms with Crippen LogP contribution in [0.2, 0.25) is 0 Å². The van der Waals surface area contributed by atoms with Crippen molar-refractivity contribution in [3.05, 3.63) is 41.7 Å². The highest BCUT2D eigenvalue weighted by molar-refractivity contribution is 5.81. The molecule has 0 bridgehead atoms. The second-order valence-corrected chi connectivity index (χ2v) is 7.84.